The van der Waals surface area contributed by atoms with Crippen LogP contribution >= 0.6 is 19.3 Å². The average molecular weight is 610 g/mol. The van der Waals surface area contributed by atoms with Crippen LogP contribution in [-0.4, -0.2) is 69.2 Å². The van der Waals surface area contributed by atoms with Gasteiger partial charge in [-0.3, -0.25) is 13.9 Å². The molecule has 0 aliphatic carbocycles. The fraction of sp³-hybridized carbons (Fsp3) is 0.458. The number of hydrogen-bond acceptors (Lipinski definition) is 13. The molecule has 0 amide bonds. The Hall–Kier alpha value is -3.51. The van der Waals surface area contributed by atoms with Gasteiger partial charge in [0.1, 0.15) is 29.4 Å². The van der Waals surface area contributed by atoms with Gasteiger partial charge in [0.2, 0.25) is 11.8 Å². The van der Waals surface area contributed by atoms with Crippen LogP contribution in [-0.2, 0) is 23.4 Å². The monoisotopic (exact) mass is 609 g/mol. The molecule has 41 heavy (non-hydrogen) atoms. The second kappa shape index (κ2) is 12.2. The summed E-state index contributed by atoms with van der Waals surface area (Å²) in [6, 6.07) is 6.96. The first-order valence-corrected chi connectivity index (χ1v) is 14.3. The molecule has 4 rings (SSSR count). The molecule has 1 aromatic carbocycles. The van der Waals surface area contributed by atoms with Crippen LogP contribution in [0.3, 0.4) is 0 Å². The molecular weight excluding hydrogens is 581 g/mol. The van der Waals surface area contributed by atoms with E-state index >= 15 is 0 Å². The molecule has 15 nitrogen and oxygen atoms in total. The third kappa shape index (κ3) is 6.23. The lowest BCUT2D eigenvalue weighted by Crippen LogP contribution is -2.38. The van der Waals surface area contributed by atoms with Gasteiger partial charge >= 0.3 is 13.7 Å². The molecule has 2 aromatic heterocycles. The van der Waals surface area contributed by atoms with E-state index in [2.05, 4.69) is 26.1 Å². The number of esters is 1. The molecule has 0 bridgehead atoms. The number of aromatic nitrogens is 4. The van der Waals surface area contributed by atoms with E-state index in [1.807, 2.05) is 0 Å². The van der Waals surface area contributed by atoms with Crippen LogP contribution in [0.1, 0.15) is 27.0 Å². The number of halogens is 1. The number of nitrogens with two attached hydrogens (primary N) is 1. The van der Waals surface area contributed by atoms with Gasteiger partial charge in [0.15, 0.2) is 17.4 Å². The molecule has 0 radical (unpaired) electrons. The number of ether oxygens (including phenoxy) is 3. The summed E-state index contributed by atoms with van der Waals surface area (Å²) in [6.07, 6.45) is -2.36. The van der Waals surface area contributed by atoms with Gasteiger partial charge in [-0.2, -0.15) is 20.3 Å². The molecule has 220 valence electrons. The minimum absolute atomic E-state index is 0.0918. The van der Waals surface area contributed by atoms with Crippen molar-refractivity contribution < 1.29 is 37.7 Å². The molecular formula is C24H29ClN7O8P. The zero-order chi connectivity index (χ0) is 29.9. The van der Waals surface area contributed by atoms with E-state index in [9.17, 15) is 19.7 Å². The van der Waals surface area contributed by atoms with E-state index < -0.39 is 50.2 Å². The summed E-state index contributed by atoms with van der Waals surface area (Å²) in [5.41, 5.74) is 4.82. The highest BCUT2D eigenvalue weighted by Crippen LogP contribution is 2.49. The zero-order valence-corrected chi connectivity index (χ0v) is 24.2. The average Bonchev–Trinajstić information content (AvgIpc) is 3.47. The van der Waals surface area contributed by atoms with E-state index in [0.717, 1.165) is 0 Å². The number of aliphatic hydroxyl groups excluding tert-OH is 1. The topological polar surface area (TPSA) is 206 Å². The number of benzene rings is 1. The fourth-order valence-corrected chi connectivity index (χ4v) is 5.83. The Morgan fingerprint density at radius 2 is 2.10 bits per heavy atom. The lowest BCUT2D eigenvalue weighted by Gasteiger charge is -2.26. The first-order valence-electron chi connectivity index (χ1n) is 12.4. The molecule has 1 unspecified atom stereocenters. The molecule has 3 aromatic rings. The molecule has 6 atom stereocenters. The number of nitrogens with zero attached hydrogens (tertiary/aromatic N) is 5. The fourth-order valence-electron chi connectivity index (χ4n) is 4.20. The summed E-state index contributed by atoms with van der Waals surface area (Å²) in [5, 5.41) is 24.2. The number of imidazole rings is 1. The summed E-state index contributed by atoms with van der Waals surface area (Å²) in [4.78, 5) is 24.6. The van der Waals surface area contributed by atoms with Crippen LogP contribution in [0.15, 0.2) is 30.6 Å². The van der Waals surface area contributed by atoms with Crippen LogP contribution in [0, 0.1) is 16.7 Å². The maximum absolute atomic E-state index is 13.8. The van der Waals surface area contributed by atoms with Crippen LogP contribution < -0.4 is 20.1 Å². The van der Waals surface area contributed by atoms with Crippen molar-refractivity contribution in [1.82, 2.24) is 24.6 Å². The molecule has 1 saturated heterocycles. The first kappa shape index (κ1) is 30.4. The van der Waals surface area contributed by atoms with Crippen molar-refractivity contribution in [2.24, 2.45) is 5.41 Å². The van der Waals surface area contributed by atoms with Crippen molar-refractivity contribution in [3.63, 3.8) is 0 Å². The number of methoxy groups -OCH3 is 1. The smallest absolute Gasteiger partial charge is 0.459 e. The summed E-state index contributed by atoms with van der Waals surface area (Å²) in [7, 11) is -3.12. The number of nitrogens with one attached hydrogen (secondary N) is 1. The van der Waals surface area contributed by atoms with Crippen molar-refractivity contribution in [2.75, 3.05) is 26.1 Å². The van der Waals surface area contributed by atoms with Crippen LogP contribution in [0.5, 0.6) is 11.6 Å². The molecule has 1 aliphatic rings. The number of anilines is 1. The number of nitrogen functional groups attached to an aromatic ring is 1. The Balaban J connectivity index is 1.61. The van der Waals surface area contributed by atoms with Gasteiger partial charge in [-0.05, 0) is 45.0 Å². The van der Waals surface area contributed by atoms with Crippen molar-refractivity contribution in [1.29, 1.82) is 5.26 Å². The largest absolute Gasteiger partial charge is 0.476 e. The Morgan fingerprint density at radius 1 is 1.39 bits per heavy atom. The molecule has 0 saturated carbocycles. The van der Waals surface area contributed by atoms with Crippen molar-refractivity contribution in [2.45, 2.75) is 45.2 Å². The van der Waals surface area contributed by atoms with Gasteiger partial charge in [-0.25, -0.2) is 9.55 Å². The lowest BCUT2D eigenvalue weighted by atomic mass is 9.84. The van der Waals surface area contributed by atoms with E-state index in [1.54, 1.807) is 6.92 Å². The number of nitriles is 1. The van der Waals surface area contributed by atoms with Gasteiger partial charge < -0.3 is 29.6 Å². The number of rotatable bonds is 11. The summed E-state index contributed by atoms with van der Waals surface area (Å²) < 4.78 is 42.7. The van der Waals surface area contributed by atoms with Crippen LogP contribution in [0.4, 0.5) is 5.95 Å². The van der Waals surface area contributed by atoms with Gasteiger partial charge in [0.25, 0.3) is 0 Å². The van der Waals surface area contributed by atoms with E-state index in [-0.39, 0.29) is 28.7 Å². The molecule has 4 N–H and O–H groups in total. The lowest BCUT2D eigenvalue weighted by molar-refractivity contribution is -0.142. The van der Waals surface area contributed by atoms with E-state index in [4.69, 9.17) is 40.6 Å². The SMILES string of the molecule is CCOc1nc(N)nc2c1ncn2[C@@H]1O[C@H](COP(=O)(N[C@@H](C)C(=O)OC)Oc2ccc(Cl)cc2)[C@@H](O)[C@@]1(C)C#N. The normalized spacial score (nSPS) is 24.4. The van der Waals surface area contributed by atoms with Crippen molar-refractivity contribution in [3.8, 4) is 17.7 Å². The molecule has 17 heteroatoms. The predicted molar refractivity (Wildman–Crippen MR) is 145 cm³/mol. The van der Waals surface area contributed by atoms with Gasteiger partial charge in [-0.15, -0.1) is 0 Å². The highest BCUT2D eigenvalue weighted by molar-refractivity contribution is 7.52. The van der Waals surface area contributed by atoms with Crippen molar-refractivity contribution in [3.05, 3.63) is 35.6 Å². The molecule has 1 fully saturated rings. The van der Waals surface area contributed by atoms with E-state index in [1.165, 1.54) is 56.1 Å². The second-order valence-electron chi connectivity index (χ2n) is 9.22. The standard InChI is InChI=1S/C24H29ClN7O8P/c1-5-37-20-17-19(29-23(27)30-20)32(12-28-17)22-24(3,11-26)18(33)16(39-22)10-38-41(35,31-13(2)21(34)36-4)40-15-8-6-14(25)7-9-15/h6-9,12-13,16,18,22,33H,5,10H2,1-4H3,(H,31,35)(H2,27,29,30)/t13-,16+,18+,22+,24+,41?/m0/s1. The number of aliphatic hydroxyl groups is 1. The molecule has 3 heterocycles. The highest BCUT2D eigenvalue weighted by Gasteiger charge is 2.55. The van der Waals surface area contributed by atoms with Crippen LogP contribution in [0.25, 0.3) is 11.2 Å². The van der Waals surface area contributed by atoms with E-state index in [0.29, 0.717) is 11.6 Å². The van der Waals surface area contributed by atoms with Gasteiger partial charge in [0, 0.05) is 5.02 Å². The Labute approximate surface area is 240 Å². The van der Waals surface area contributed by atoms with Crippen molar-refractivity contribution >= 4 is 42.4 Å². The minimum atomic E-state index is -4.29. The van der Waals surface area contributed by atoms with Gasteiger partial charge in [-0.1, -0.05) is 11.6 Å². The molecule has 1 aliphatic heterocycles. The van der Waals surface area contributed by atoms with Crippen LogP contribution in [0.2, 0.25) is 5.02 Å². The quantitative estimate of drug-likeness (QED) is 0.211. The Kier molecular flexibility index (Phi) is 9.03. The summed E-state index contributed by atoms with van der Waals surface area (Å²) >= 11 is 5.93. The second-order valence-corrected chi connectivity index (χ2v) is 11.4. The number of carbonyl (C=O) groups is 1. The first-order chi connectivity index (χ1) is 19.4. The minimum Gasteiger partial charge on any atom is -0.476 e. The number of fused-ring (bicyclic) bond motifs is 1. The third-order valence-electron chi connectivity index (χ3n) is 6.32. The molecule has 0 spiro atoms. The third-order valence-corrected chi connectivity index (χ3v) is 8.21. The maximum Gasteiger partial charge on any atom is 0.459 e. The van der Waals surface area contributed by atoms with Gasteiger partial charge in [0.05, 0.1) is 32.7 Å². The number of carbonyl (C=O) groups excluding carboxylic acids is 1. The number of hydrogen-bond donors (Lipinski definition) is 3. The highest BCUT2D eigenvalue weighted by atomic mass is 35.5. The maximum atomic E-state index is 13.8. The Morgan fingerprint density at radius 3 is 2.73 bits per heavy atom. The zero-order valence-electron chi connectivity index (χ0n) is 22.6. The summed E-state index contributed by atoms with van der Waals surface area (Å²) in [5.74, 6) is -0.535. The predicted octanol–water partition coefficient (Wildman–Crippen LogP) is 2.60. The summed E-state index contributed by atoms with van der Waals surface area (Å²) in [6.45, 7) is 4.46. The Bertz CT molecular complexity index is 1500.